The zero-order chi connectivity index (χ0) is 10.9. The Morgan fingerprint density at radius 1 is 1.21 bits per heavy atom. The Balaban J connectivity index is 3.48. The molecule has 5 heteroatoms. The summed E-state index contributed by atoms with van der Waals surface area (Å²) in [6, 6.07) is 2.61. The van der Waals surface area contributed by atoms with Gasteiger partial charge in [0, 0.05) is 0 Å². The van der Waals surface area contributed by atoms with E-state index in [2.05, 4.69) is 0 Å². The molecule has 14 heavy (non-hydrogen) atoms. The van der Waals surface area contributed by atoms with E-state index in [4.69, 9.17) is 0 Å². The SMILES string of the molecule is Cc1c(C(=O)[O-])cc[c]([Sb](=[O])=[O])c1C. The second-order valence-electron chi connectivity index (χ2n) is 2.93. The third-order valence-electron chi connectivity index (χ3n) is 2.18. The molecule has 1 rings (SSSR count). The van der Waals surface area contributed by atoms with Crippen LogP contribution in [0.2, 0.25) is 0 Å². The van der Waals surface area contributed by atoms with Crippen LogP contribution in [0.25, 0.3) is 0 Å². The van der Waals surface area contributed by atoms with Gasteiger partial charge in [-0.15, -0.1) is 0 Å². The first-order valence-electron chi connectivity index (χ1n) is 3.91. The van der Waals surface area contributed by atoms with E-state index in [-0.39, 0.29) is 9.07 Å². The molecule has 0 fully saturated rings. The Labute approximate surface area is 88.3 Å². The maximum atomic E-state index is 10.8. The van der Waals surface area contributed by atoms with Crippen LogP contribution >= 0.6 is 0 Å². The third kappa shape index (κ3) is 1.95. The molecule has 4 nitrogen and oxygen atoms in total. The van der Waals surface area contributed by atoms with Gasteiger partial charge < -0.3 is 0 Å². The molecule has 1 aromatic carbocycles. The average molecular weight is 302 g/mol. The van der Waals surface area contributed by atoms with E-state index in [1.807, 2.05) is 0 Å². The fourth-order valence-electron chi connectivity index (χ4n) is 1.23. The number of rotatable bonds is 2. The molecule has 0 aliphatic heterocycles. The van der Waals surface area contributed by atoms with Crippen molar-refractivity contribution in [3.63, 3.8) is 0 Å². The van der Waals surface area contributed by atoms with Gasteiger partial charge in [-0.2, -0.15) is 0 Å². The standard InChI is InChI=1S/C9H9O2.2O.Sb/c1-6-4-3-5-8(7(6)2)9(10)11;;;/h3,5H,1-2H3,(H,10,11);;;/p-1. The number of hydrogen-bond donors (Lipinski definition) is 0. The molecule has 0 aliphatic rings. The van der Waals surface area contributed by atoms with E-state index in [0.29, 0.717) is 11.1 Å². The second-order valence-corrected chi connectivity index (χ2v) is 5.77. The first kappa shape index (κ1) is 11.2. The molecule has 0 bridgehead atoms. The maximum absolute atomic E-state index is 10.8. The van der Waals surface area contributed by atoms with Crippen LogP contribution in [0.1, 0.15) is 21.5 Å². The molecule has 74 valence electrons. The molecule has 0 heterocycles. The topological polar surface area (TPSA) is 74.3 Å². The van der Waals surface area contributed by atoms with E-state index in [9.17, 15) is 15.9 Å². The van der Waals surface area contributed by atoms with Gasteiger partial charge in [0.1, 0.15) is 0 Å². The van der Waals surface area contributed by atoms with E-state index >= 15 is 0 Å². The number of carbonyl (C=O) groups excluding carboxylic acids is 1. The first-order valence-corrected chi connectivity index (χ1v) is 7.27. The summed E-state index contributed by atoms with van der Waals surface area (Å²) >= 11 is -3.77. The van der Waals surface area contributed by atoms with Crippen LogP contribution in [0, 0.1) is 13.8 Å². The summed E-state index contributed by atoms with van der Waals surface area (Å²) in [5, 5.41) is 10.6. The molecule has 1 aromatic rings. The fraction of sp³-hybridized carbons (Fsp3) is 0.222. The molecular weight excluding hydrogens is 294 g/mol. The van der Waals surface area contributed by atoms with Crippen molar-refractivity contribution in [2.75, 3.05) is 0 Å². The summed E-state index contributed by atoms with van der Waals surface area (Å²) in [4.78, 5) is 10.6. The van der Waals surface area contributed by atoms with Crippen molar-refractivity contribution in [1.82, 2.24) is 0 Å². The van der Waals surface area contributed by atoms with E-state index in [0.717, 1.165) is 0 Å². The normalized spacial score (nSPS) is 9.86. The van der Waals surface area contributed by atoms with Gasteiger partial charge >= 0.3 is 88.3 Å². The van der Waals surface area contributed by atoms with Crippen LogP contribution < -0.4 is 8.62 Å². The Bertz CT molecular complexity index is 452. The summed E-state index contributed by atoms with van der Waals surface area (Å²) in [5.74, 6) is -1.28. The summed E-state index contributed by atoms with van der Waals surface area (Å²) in [7, 11) is 0. The zero-order valence-electron chi connectivity index (χ0n) is 7.73. The van der Waals surface area contributed by atoms with Crippen LogP contribution in [0.5, 0.6) is 0 Å². The number of carboxylic acid groups (broad SMARTS) is 1. The van der Waals surface area contributed by atoms with Gasteiger partial charge in [-0.05, 0) is 0 Å². The summed E-state index contributed by atoms with van der Waals surface area (Å²) in [6.07, 6.45) is 0. The molecule has 0 aliphatic carbocycles. The summed E-state index contributed by atoms with van der Waals surface area (Å²) < 4.78 is 22.0. The number of hydrogen-bond acceptors (Lipinski definition) is 4. The van der Waals surface area contributed by atoms with Crippen molar-refractivity contribution >= 4 is 29.7 Å². The predicted octanol–water partition coefficient (Wildman–Crippen LogP) is -0.777. The van der Waals surface area contributed by atoms with E-state index in [1.54, 1.807) is 13.8 Å². The molecule has 0 spiro atoms. The zero-order valence-corrected chi connectivity index (χ0v) is 10.3. The number of benzene rings is 1. The summed E-state index contributed by atoms with van der Waals surface area (Å²) in [5.41, 5.74) is 1.02. The Kier molecular flexibility index (Phi) is 3.27. The monoisotopic (exact) mass is 301 g/mol. The van der Waals surface area contributed by atoms with Crippen molar-refractivity contribution < 1.29 is 15.9 Å². The number of aromatic carboxylic acids is 1. The predicted molar refractivity (Wildman–Crippen MR) is 47.0 cm³/mol. The molecule has 0 amide bonds. The Morgan fingerprint density at radius 3 is 2.21 bits per heavy atom. The first-order chi connectivity index (χ1) is 6.45. The van der Waals surface area contributed by atoms with Crippen molar-refractivity contribution in [2.24, 2.45) is 0 Å². The molecule has 0 aromatic heterocycles. The second kappa shape index (κ2) is 4.09. The van der Waals surface area contributed by atoms with Crippen molar-refractivity contribution in [2.45, 2.75) is 13.8 Å². The van der Waals surface area contributed by atoms with Crippen LogP contribution in [0.15, 0.2) is 12.1 Å². The van der Waals surface area contributed by atoms with E-state index < -0.39 is 26.2 Å². The quantitative estimate of drug-likeness (QED) is 0.672. The van der Waals surface area contributed by atoms with Crippen molar-refractivity contribution in [1.29, 1.82) is 0 Å². The Morgan fingerprint density at radius 2 is 1.79 bits per heavy atom. The van der Waals surface area contributed by atoms with Gasteiger partial charge in [-0.1, -0.05) is 0 Å². The fourth-order valence-corrected chi connectivity index (χ4v) is 3.05. The molecule has 0 unspecified atom stereocenters. The van der Waals surface area contributed by atoms with Gasteiger partial charge in [0.2, 0.25) is 0 Å². The number of carbonyl (C=O) groups is 1. The minimum absolute atomic E-state index is 0.0496. The van der Waals surface area contributed by atoms with Gasteiger partial charge in [0.05, 0.1) is 0 Å². The van der Waals surface area contributed by atoms with Crippen molar-refractivity contribution in [3.8, 4) is 0 Å². The van der Waals surface area contributed by atoms with E-state index in [1.165, 1.54) is 12.1 Å². The molecule has 0 N–H and O–H groups in total. The molecule has 0 saturated heterocycles. The van der Waals surface area contributed by atoms with Crippen LogP contribution in [-0.2, 0) is 6.03 Å². The molecule has 0 atom stereocenters. The van der Waals surface area contributed by atoms with Gasteiger partial charge in [0.25, 0.3) is 0 Å². The van der Waals surface area contributed by atoms with Crippen LogP contribution in [0.3, 0.4) is 0 Å². The van der Waals surface area contributed by atoms with Gasteiger partial charge in [0.15, 0.2) is 0 Å². The van der Waals surface area contributed by atoms with Crippen LogP contribution in [-0.4, -0.2) is 26.2 Å². The van der Waals surface area contributed by atoms with Crippen molar-refractivity contribution in [3.05, 3.63) is 28.8 Å². The third-order valence-corrected chi connectivity index (χ3v) is 4.68. The van der Waals surface area contributed by atoms with Gasteiger partial charge in [-0.3, -0.25) is 0 Å². The molecular formula is C9H8O4Sb-. The van der Waals surface area contributed by atoms with Gasteiger partial charge in [-0.25, -0.2) is 0 Å². The molecule has 0 saturated carbocycles. The minimum atomic E-state index is -3.77. The Hall–Kier alpha value is -0.892. The molecule has 0 radical (unpaired) electrons. The number of carboxylic acids is 1. The van der Waals surface area contributed by atoms with Crippen LogP contribution in [0.4, 0.5) is 0 Å². The summed E-state index contributed by atoms with van der Waals surface area (Å²) in [6.45, 7) is 3.18. The average Bonchev–Trinajstić information content (AvgIpc) is 2.08.